The molecular formula is C13H10FN3. The zero-order valence-corrected chi connectivity index (χ0v) is 9.24. The molecule has 4 heteroatoms. The van der Waals surface area contributed by atoms with Crippen molar-refractivity contribution in [1.82, 2.24) is 4.98 Å². The molecule has 0 bridgehead atoms. The molecule has 0 fully saturated rings. The van der Waals surface area contributed by atoms with Crippen LogP contribution in [-0.2, 0) is 0 Å². The minimum absolute atomic E-state index is 0.00996. The lowest BCUT2D eigenvalue weighted by molar-refractivity contribution is 0.624. The van der Waals surface area contributed by atoms with Crippen LogP contribution in [0.3, 0.4) is 0 Å². The summed E-state index contributed by atoms with van der Waals surface area (Å²) in [7, 11) is 0. The number of anilines is 2. The van der Waals surface area contributed by atoms with Gasteiger partial charge in [0.15, 0.2) is 0 Å². The average Bonchev–Trinajstić information content (AvgIpc) is 2.32. The van der Waals surface area contributed by atoms with Gasteiger partial charge < -0.3 is 5.32 Å². The third-order valence-electron chi connectivity index (χ3n) is 2.40. The smallest absolute Gasteiger partial charge is 0.143 e. The molecule has 0 unspecified atom stereocenters. The van der Waals surface area contributed by atoms with Crippen molar-refractivity contribution in [1.29, 1.82) is 5.26 Å². The number of hydrogen-bond acceptors (Lipinski definition) is 3. The Hall–Kier alpha value is -2.41. The van der Waals surface area contributed by atoms with E-state index in [0.29, 0.717) is 5.69 Å². The Labute approximate surface area is 98.5 Å². The Bertz CT molecular complexity index is 587. The lowest BCUT2D eigenvalue weighted by Crippen LogP contribution is -1.98. The van der Waals surface area contributed by atoms with E-state index in [-0.39, 0.29) is 5.56 Å². The predicted octanol–water partition coefficient (Wildman–Crippen LogP) is 3.14. The molecule has 1 heterocycles. The highest BCUT2D eigenvalue weighted by molar-refractivity contribution is 5.67. The van der Waals surface area contributed by atoms with Gasteiger partial charge in [0.25, 0.3) is 0 Å². The molecule has 3 nitrogen and oxygen atoms in total. The topological polar surface area (TPSA) is 48.7 Å². The van der Waals surface area contributed by atoms with Crippen LogP contribution in [0.1, 0.15) is 11.3 Å². The molecule has 0 aliphatic carbocycles. The third-order valence-corrected chi connectivity index (χ3v) is 2.40. The van der Waals surface area contributed by atoms with Gasteiger partial charge in [-0.15, -0.1) is 0 Å². The maximum Gasteiger partial charge on any atom is 0.143 e. The summed E-state index contributed by atoms with van der Waals surface area (Å²) in [5, 5.41) is 11.9. The quantitative estimate of drug-likeness (QED) is 0.857. The van der Waals surface area contributed by atoms with E-state index in [2.05, 4.69) is 10.3 Å². The molecule has 0 aliphatic heterocycles. The number of rotatable bonds is 2. The molecule has 0 radical (unpaired) electrons. The summed E-state index contributed by atoms with van der Waals surface area (Å²) in [6.07, 6.45) is 1.68. The largest absolute Gasteiger partial charge is 0.353 e. The second-order valence-electron chi connectivity index (χ2n) is 3.54. The number of nitrogens with one attached hydrogen (secondary N) is 1. The molecule has 2 aromatic rings. The molecule has 84 valence electrons. The van der Waals surface area contributed by atoms with Crippen LogP contribution in [0.4, 0.5) is 15.8 Å². The number of aryl methyl sites for hydroxylation is 1. The van der Waals surface area contributed by atoms with Gasteiger partial charge >= 0.3 is 0 Å². The van der Waals surface area contributed by atoms with E-state index in [1.165, 1.54) is 6.07 Å². The molecule has 17 heavy (non-hydrogen) atoms. The fourth-order valence-corrected chi connectivity index (χ4v) is 1.50. The van der Waals surface area contributed by atoms with Gasteiger partial charge in [0.1, 0.15) is 17.4 Å². The summed E-state index contributed by atoms with van der Waals surface area (Å²) in [5.74, 6) is -0.529. The SMILES string of the molecule is Cc1ncccc1Nc1cccc(F)c1C#N. The summed E-state index contributed by atoms with van der Waals surface area (Å²) in [5.41, 5.74) is 2.01. The van der Waals surface area contributed by atoms with Gasteiger partial charge in [-0.2, -0.15) is 5.26 Å². The molecule has 2 rings (SSSR count). The van der Waals surface area contributed by atoms with Crippen LogP contribution in [0.2, 0.25) is 0 Å². The van der Waals surface area contributed by atoms with Crippen LogP contribution in [0.15, 0.2) is 36.5 Å². The zero-order chi connectivity index (χ0) is 12.3. The van der Waals surface area contributed by atoms with Crippen LogP contribution >= 0.6 is 0 Å². The molecule has 0 spiro atoms. The van der Waals surface area contributed by atoms with Crippen LogP contribution in [0.5, 0.6) is 0 Å². The normalized spacial score (nSPS) is 9.71. The third kappa shape index (κ3) is 2.23. The first-order chi connectivity index (χ1) is 8.22. The van der Waals surface area contributed by atoms with E-state index in [0.717, 1.165) is 11.4 Å². The number of halogens is 1. The van der Waals surface area contributed by atoms with E-state index in [4.69, 9.17) is 5.26 Å². The van der Waals surface area contributed by atoms with E-state index in [1.54, 1.807) is 24.4 Å². The second kappa shape index (κ2) is 4.62. The molecule has 0 saturated carbocycles. The van der Waals surface area contributed by atoms with Gasteiger partial charge in [-0.25, -0.2) is 4.39 Å². The van der Waals surface area contributed by atoms with Crippen molar-refractivity contribution in [3.63, 3.8) is 0 Å². The Morgan fingerprint density at radius 3 is 2.71 bits per heavy atom. The van der Waals surface area contributed by atoms with Gasteiger partial charge in [-0.1, -0.05) is 6.07 Å². The lowest BCUT2D eigenvalue weighted by Gasteiger charge is -2.10. The van der Waals surface area contributed by atoms with Gasteiger partial charge in [-0.05, 0) is 31.2 Å². The maximum atomic E-state index is 13.4. The minimum Gasteiger partial charge on any atom is -0.353 e. The van der Waals surface area contributed by atoms with Crippen LogP contribution in [0.25, 0.3) is 0 Å². The summed E-state index contributed by atoms with van der Waals surface area (Å²) in [6, 6.07) is 9.94. The highest BCUT2D eigenvalue weighted by atomic mass is 19.1. The van der Waals surface area contributed by atoms with Crippen molar-refractivity contribution in [3.8, 4) is 6.07 Å². The van der Waals surface area contributed by atoms with Gasteiger partial charge in [0.2, 0.25) is 0 Å². The standard InChI is InChI=1S/C13H10FN3/c1-9-12(6-3-7-16-9)17-13-5-2-4-11(14)10(13)8-15/h2-7,17H,1H3. The first kappa shape index (κ1) is 11.1. The predicted molar refractivity (Wildman–Crippen MR) is 63.4 cm³/mol. The Kier molecular flexibility index (Phi) is 3.01. The average molecular weight is 227 g/mol. The highest BCUT2D eigenvalue weighted by Crippen LogP contribution is 2.23. The molecular weight excluding hydrogens is 217 g/mol. The molecule has 1 aromatic carbocycles. The summed E-state index contributed by atoms with van der Waals surface area (Å²) in [6.45, 7) is 1.84. The Balaban J connectivity index is 2.41. The minimum atomic E-state index is -0.529. The Morgan fingerprint density at radius 2 is 2.00 bits per heavy atom. The van der Waals surface area contributed by atoms with Gasteiger partial charge in [0.05, 0.1) is 17.1 Å². The van der Waals surface area contributed by atoms with E-state index in [9.17, 15) is 4.39 Å². The summed E-state index contributed by atoms with van der Waals surface area (Å²) < 4.78 is 13.4. The van der Waals surface area contributed by atoms with Crippen LogP contribution < -0.4 is 5.32 Å². The van der Waals surface area contributed by atoms with Crippen molar-refractivity contribution < 1.29 is 4.39 Å². The first-order valence-electron chi connectivity index (χ1n) is 5.09. The van der Waals surface area contributed by atoms with Crippen LogP contribution in [-0.4, -0.2) is 4.98 Å². The fraction of sp³-hybridized carbons (Fsp3) is 0.0769. The van der Waals surface area contributed by atoms with E-state index < -0.39 is 5.82 Å². The fourth-order valence-electron chi connectivity index (χ4n) is 1.50. The molecule has 0 saturated heterocycles. The van der Waals surface area contributed by atoms with Crippen molar-refractivity contribution in [2.75, 3.05) is 5.32 Å². The lowest BCUT2D eigenvalue weighted by atomic mass is 10.1. The van der Waals surface area contributed by atoms with Gasteiger partial charge in [0, 0.05) is 6.20 Å². The first-order valence-corrected chi connectivity index (χ1v) is 5.09. The van der Waals surface area contributed by atoms with Crippen molar-refractivity contribution in [2.45, 2.75) is 6.92 Å². The number of nitrogens with zero attached hydrogens (tertiary/aromatic N) is 2. The molecule has 1 N–H and O–H groups in total. The second-order valence-corrected chi connectivity index (χ2v) is 3.54. The Morgan fingerprint density at radius 1 is 1.24 bits per heavy atom. The monoisotopic (exact) mass is 227 g/mol. The van der Waals surface area contributed by atoms with Crippen molar-refractivity contribution in [2.24, 2.45) is 0 Å². The van der Waals surface area contributed by atoms with E-state index >= 15 is 0 Å². The molecule has 0 aliphatic rings. The van der Waals surface area contributed by atoms with Crippen LogP contribution in [0, 0.1) is 24.1 Å². The van der Waals surface area contributed by atoms with Gasteiger partial charge in [-0.3, -0.25) is 4.98 Å². The summed E-state index contributed by atoms with van der Waals surface area (Å²) >= 11 is 0. The molecule has 0 atom stereocenters. The highest BCUT2D eigenvalue weighted by Gasteiger charge is 2.08. The van der Waals surface area contributed by atoms with E-state index in [1.807, 2.05) is 19.1 Å². The number of nitriles is 1. The van der Waals surface area contributed by atoms with Crippen molar-refractivity contribution >= 4 is 11.4 Å². The number of hydrogen-bond donors (Lipinski definition) is 1. The van der Waals surface area contributed by atoms with Crippen molar-refractivity contribution in [3.05, 3.63) is 53.6 Å². The number of pyridine rings is 1. The number of aromatic nitrogens is 1. The molecule has 1 aromatic heterocycles. The number of benzene rings is 1. The maximum absolute atomic E-state index is 13.4. The molecule has 0 amide bonds. The zero-order valence-electron chi connectivity index (χ0n) is 9.24. The summed E-state index contributed by atoms with van der Waals surface area (Å²) in [4.78, 5) is 4.11.